The number of benzene rings is 2. The van der Waals surface area contributed by atoms with Gasteiger partial charge in [0.1, 0.15) is 0 Å². The number of piperidine rings is 1. The fourth-order valence-electron chi connectivity index (χ4n) is 4.13. The van der Waals surface area contributed by atoms with E-state index in [0.29, 0.717) is 17.7 Å². The molecule has 8 heteroatoms. The molecule has 1 aromatic heterocycles. The van der Waals surface area contributed by atoms with Crippen LogP contribution in [0.3, 0.4) is 0 Å². The second-order valence-corrected chi connectivity index (χ2v) is 7.72. The number of carbonyl (C=O) groups excluding carboxylic acids is 1. The third-order valence-electron chi connectivity index (χ3n) is 5.76. The molecule has 0 spiro atoms. The summed E-state index contributed by atoms with van der Waals surface area (Å²) in [6.07, 6.45) is 2.47. The van der Waals surface area contributed by atoms with Gasteiger partial charge in [-0.15, -0.1) is 12.4 Å². The van der Waals surface area contributed by atoms with Gasteiger partial charge in [-0.25, -0.2) is 8.78 Å². The van der Waals surface area contributed by atoms with Crippen LogP contribution in [0.5, 0.6) is 0 Å². The molecule has 3 aromatic rings. The Kier molecular flexibility index (Phi) is 7.08. The van der Waals surface area contributed by atoms with Crippen molar-refractivity contribution in [1.82, 2.24) is 20.4 Å². The van der Waals surface area contributed by atoms with Crippen molar-refractivity contribution in [3.05, 3.63) is 77.0 Å². The van der Waals surface area contributed by atoms with E-state index in [4.69, 9.17) is 0 Å². The molecule has 0 radical (unpaired) electrons. The normalized spacial score (nSPS) is 18.3. The molecule has 0 bridgehead atoms. The second-order valence-electron chi connectivity index (χ2n) is 7.72. The van der Waals surface area contributed by atoms with Gasteiger partial charge in [0.25, 0.3) is 5.91 Å². The lowest BCUT2D eigenvalue weighted by Gasteiger charge is -2.33. The summed E-state index contributed by atoms with van der Waals surface area (Å²) in [6, 6.07) is 11.3. The third-order valence-corrected chi connectivity index (χ3v) is 5.76. The maximum absolute atomic E-state index is 13.7. The Balaban J connectivity index is 0.00000272. The van der Waals surface area contributed by atoms with Crippen LogP contribution in [0.2, 0.25) is 0 Å². The first-order valence-electron chi connectivity index (χ1n) is 9.99. The van der Waals surface area contributed by atoms with Crippen LogP contribution in [-0.2, 0) is 7.05 Å². The van der Waals surface area contributed by atoms with Crippen LogP contribution < -0.4 is 10.6 Å². The van der Waals surface area contributed by atoms with E-state index in [1.54, 1.807) is 23.0 Å². The van der Waals surface area contributed by atoms with E-state index in [2.05, 4.69) is 15.7 Å². The Hall–Kier alpha value is -2.77. The summed E-state index contributed by atoms with van der Waals surface area (Å²) < 4.78 is 28.9. The molecule has 2 aromatic carbocycles. The van der Waals surface area contributed by atoms with Crippen molar-refractivity contribution in [1.29, 1.82) is 0 Å². The van der Waals surface area contributed by atoms with Gasteiger partial charge in [-0.05, 0) is 61.3 Å². The number of hydrogen-bond donors (Lipinski definition) is 2. The average molecular weight is 447 g/mol. The molecule has 1 fully saturated rings. The van der Waals surface area contributed by atoms with Crippen LogP contribution >= 0.6 is 12.4 Å². The zero-order valence-electron chi connectivity index (χ0n) is 17.4. The van der Waals surface area contributed by atoms with Gasteiger partial charge in [0.2, 0.25) is 0 Å². The topological polar surface area (TPSA) is 59.0 Å². The lowest BCUT2D eigenvalue weighted by atomic mass is 9.85. The number of carbonyl (C=O) groups is 1. The van der Waals surface area contributed by atoms with Gasteiger partial charge in [-0.1, -0.05) is 12.1 Å². The quantitative estimate of drug-likeness (QED) is 0.637. The van der Waals surface area contributed by atoms with Crippen molar-refractivity contribution in [2.45, 2.75) is 25.3 Å². The largest absolute Gasteiger partial charge is 0.347 e. The molecule has 0 aliphatic carbocycles. The Morgan fingerprint density at radius 1 is 1.16 bits per heavy atom. The van der Waals surface area contributed by atoms with Crippen LogP contribution in [-0.4, -0.2) is 34.8 Å². The van der Waals surface area contributed by atoms with Gasteiger partial charge in [0.05, 0.1) is 5.69 Å². The predicted octanol–water partition coefficient (Wildman–Crippen LogP) is 3.97. The molecule has 164 valence electrons. The minimum Gasteiger partial charge on any atom is -0.347 e. The molecule has 4 rings (SSSR count). The molecule has 1 aliphatic rings. The number of aromatic nitrogens is 2. The second kappa shape index (κ2) is 9.58. The Morgan fingerprint density at radius 2 is 1.97 bits per heavy atom. The first-order chi connectivity index (χ1) is 14.4. The minimum atomic E-state index is -0.864. The number of nitrogens with one attached hydrogen (secondary N) is 2. The van der Waals surface area contributed by atoms with Crippen molar-refractivity contribution < 1.29 is 13.6 Å². The Labute approximate surface area is 186 Å². The van der Waals surface area contributed by atoms with Crippen molar-refractivity contribution in [2.75, 3.05) is 13.1 Å². The molecule has 1 saturated heterocycles. The van der Waals surface area contributed by atoms with E-state index in [9.17, 15) is 13.6 Å². The summed E-state index contributed by atoms with van der Waals surface area (Å²) >= 11 is 0. The van der Waals surface area contributed by atoms with Gasteiger partial charge in [-0.2, -0.15) is 5.10 Å². The number of halogens is 3. The highest BCUT2D eigenvalue weighted by Crippen LogP contribution is 2.28. The van der Waals surface area contributed by atoms with Crippen molar-refractivity contribution >= 4 is 18.3 Å². The summed E-state index contributed by atoms with van der Waals surface area (Å²) in [7, 11) is 1.88. The first-order valence-corrected chi connectivity index (χ1v) is 9.99. The maximum Gasteiger partial charge on any atom is 0.251 e. The lowest BCUT2D eigenvalue weighted by molar-refractivity contribution is 0.0924. The summed E-state index contributed by atoms with van der Waals surface area (Å²) in [5.74, 6) is -1.99. The highest BCUT2D eigenvalue weighted by molar-refractivity contribution is 5.95. The summed E-state index contributed by atoms with van der Waals surface area (Å²) in [6.45, 7) is 3.29. The zero-order chi connectivity index (χ0) is 21.3. The van der Waals surface area contributed by atoms with Crippen LogP contribution in [0.25, 0.3) is 11.3 Å². The van der Waals surface area contributed by atoms with E-state index < -0.39 is 11.6 Å². The van der Waals surface area contributed by atoms with Gasteiger partial charge in [0, 0.05) is 42.9 Å². The van der Waals surface area contributed by atoms with E-state index in [-0.39, 0.29) is 30.3 Å². The van der Waals surface area contributed by atoms with Crippen LogP contribution in [0.4, 0.5) is 8.78 Å². The zero-order valence-corrected chi connectivity index (χ0v) is 18.2. The Bertz CT molecular complexity index is 1090. The van der Waals surface area contributed by atoms with Crippen molar-refractivity contribution in [2.24, 2.45) is 7.05 Å². The smallest absolute Gasteiger partial charge is 0.251 e. The van der Waals surface area contributed by atoms with E-state index in [1.165, 1.54) is 6.07 Å². The average Bonchev–Trinajstić information content (AvgIpc) is 3.16. The molecule has 5 nitrogen and oxygen atoms in total. The van der Waals surface area contributed by atoms with Crippen molar-refractivity contribution in [3.8, 4) is 11.3 Å². The lowest BCUT2D eigenvalue weighted by Crippen LogP contribution is -2.50. The number of amides is 1. The molecule has 2 N–H and O–H groups in total. The molecule has 31 heavy (non-hydrogen) atoms. The number of nitrogens with zero attached hydrogens (tertiary/aromatic N) is 2. The fourth-order valence-corrected chi connectivity index (χ4v) is 4.13. The molecule has 0 saturated carbocycles. The van der Waals surface area contributed by atoms with Gasteiger partial charge < -0.3 is 10.6 Å². The summed E-state index contributed by atoms with van der Waals surface area (Å²) in [5.41, 5.74) is 4.24. The maximum atomic E-state index is 13.7. The predicted molar refractivity (Wildman–Crippen MR) is 118 cm³/mol. The summed E-state index contributed by atoms with van der Waals surface area (Å²) in [5, 5.41) is 10.5. The van der Waals surface area contributed by atoms with Crippen LogP contribution in [0.15, 0.2) is 48.7 Å². The van der Waals surface area contributed by atoms with Crippen LogP contribution in [0, 0.1) is 18.6 Å². The number of hydrogen-bond acceptors (Lipinski definition) is 3. The van der Waals surface area contributed by atoms with Crippen molar-refractivity contribution in [3.63, 3.8) is 0 Å². The van der Waals surface area contributed by atoms with Crippen LogP contribution in [0.1, 0.15) is 33.8 Å². The minimum absolute atomic E-state index is 0. The molecule has 0 unspecified atom stereocenters. The van der Waals surface area contributed by atoms with Gasteiger partial charge in [-0.3, -0.25) is 9.48 Å². The highest BCUT2D eigenvalue weighted by Gasteiger charge is 2.28. The molecule has 2 heterocycles. The van der Waals surface area contributed by atoms with E-state index >= 15 is 0 Å². The first kappa shape index (κ1) is 22.9. The molecular formula is C23H25ClF2N4O. The van der Waals surface area contributed by atoms with E-state index in [1.807, 2.05) is 32.2 Å². The molecular weight excluding hydrogens is 422 g/mol. The Morgan fingerprint density at radius 3 is 2.65 bits per heavy atom. The standard InChI is InChI=1S/C23H24F2N4O.ClH/c1-14-11-16(3-5-17(14)22-8-10-27-29(22)2)23(30)28-21-13-26-9-7-18(21)15-4-6-19(24)20(25)12-15;/h3-6,8,10-12,18,21,26H,7,9,13H2,1-2H3,(H,28,30);1H/t18-,21+;/m0./s1. The summed E-state index contributed by atoms with van der Waals surface area (Å²) in [4.78, 5) is 12.9. The van der Waals surface area contributed by atoms with Gasteiger partial charge in [0.15, 0.2) is 11.6 Å². The third kappa shape index (κ3) is 4.78. The monoisotopic (exact) mass is 446 g/mol. The number of aryl methyl sites for hydroxylation is 2. The molecule has 1 amide bonds. The molecule has 1 aliphatic heterocycles. The fraction of sp³-hybridized carbons (Fsp3) is 0.304. The van der Waals surface area contributed by atoms with E-state index in [0.717, 1.165) is 35.9 Å². The van der Waals surface area contributed by atoms with Gasteiger partial charge >= 0.3 is 0 Å². The number of rotatable bonds is 4. The SMILES string of the molecule is Cc1cc(C(=O)N[C@@H]2CNCC[C@H]2c2ccc(F)c(F)c2)ccc1-c1ccnn1C.Cl. The highest BCUT2D eigenvalue weighted by atomic mass is 35.5. The molecule has 2 atom stereocenters.